The van der Waals surface area contributed by atoms with E-state index in [1.165, 1.54) is 0 Å². The third-order valence-electron chi connectivity index (χ3n) is 0.332. The van der Waals surface area contributed by atoms with E-state index in [0.29, 0.717) is 13.0 Å². The van der Waals surface area contributed by atoms with Crippen molar-refractivity contribution in [2.24, 2.45) is 0 Å². The third-order valence-corrected chi connectivity index (χ3v) is 0.332. The minimum absolute atomic E-state index is 0.330. The molecule has 0 aliphatic rings. The Morgan fingerprint density at radius 3 is 2.67 bits per heavy atom. The summed E-state index contributed by atoms with van der Waals surface area (Å²) in [7, 11) is 4.56. The van der Waals surface area contributed by atoms with Crippen LogP contribution in [0.1, 0.15) is 6.42 Å². The lowest BCUT2D eigenvalue weighted by Gasteiger charge is -1.83. The highest BCUT2D eigenvalue weighted by atomic mass is 16.4. The van der Waals surface area contributed by atoms with Crippen molar-refractivity contribution >= 4 is 8.05 Å². The second-order valence-electron chi connectivity index (χ2n) is 0.779. The van der Waals surface area contributed by atoms with Crippen LogP contribution in [0, 0.1) is 11.3 Å². The molecule has 0 aliphatic carbocycles. The van der Waals surface area contributed by atoms with E-state index >= 15 is 0 Å². The molecule has 2 nitrogen and oxygen atoms in total. The molecule has 0 aromatic carbocycles. The molecular weight excluding hydrogens is 76.9 g/mol. The van der Waals surface area contributed by atoms with Gasteiger partial charge in [0.25, 0.3) is 8.05 Å². The van der Waals surface area contributed by atoms with Crippen LogP contribution < -0.4 is 0 Å². The van der Waals surface area contributed by atoms with E-state index < -0.39 is 0 Å². The Labute approximate surface area is 38.2 Å². The molecule has 0 spiro atoms. The highest BCUT2D eigenvalue weighted by molar-refractivity contribution is 5.97. The maximum atomic E-state index is 7.81. The van der Waals surface area contributed by atoms with Crippen LogP contribution in [0.4, 0.5) is 0 Å². The van der Waals surface area contributed by atoms with E-state index in [-0.39, 0.29) is 0 Å². The molecule has 0 atom stereocenters. The Balaban J connectivity index is 2.54. The molecule has 0 heterocycles. The summed E-state index contributed by atoms with van der Waals surface area (Å²) >= 11 is 0. The van der Waals surface area contributed by atoms with Crippen LogP contribution in [0.25, 0.3) is 0 Å². The van der Waals surface area contributed by atoms with Crippen molar-refractivity contribution in [3.05, 3.63) is 0 Å². The van der Waals surface area contributed by atoms with Gasteiger partial charge in [-0.05, 0) is 0 Å². The van der Waals surface area contributed by atoms with Gasteiger partial charge in [-0.25, -0.2) is 0 Å². The summed E-state index contributed by atoms with van der Waals surface area (Å²) in [6, 6.07) is 1.86. The molecule has 0 N–H and O–H groups in total. The second kappa shape index (κ2) is 4.51. The van der Waals surface area contributed by atoms with Crippen molar-refractivity contribution < 1.29 is 4.65 Å². The Morgan fingerprint density at radius 2 is 2.50 bits per heavy atom. The standard InChI is InChI=1S/C3H4BNO/c4-6-3-1-2-5/h1,3H2. The molecule has 0 unspecified atom stereocenters. The van der Waals surface area contributed by atoms with Crippen LogP contribution in [0.15, 0.2) is 0 Å². The van der Waals surface area contributed by atoms with Gasteiger partial charge in [0.1, 0.15) is 0 Å². The Bertz CT molecular complexity index is 58.3. The van der Waals surface area contributed by atoms with E-state index in [2.05, 4.69) is 12.7 Å². The largest absolute Gasteiger partial charge is 0.447 e. The van der Waals surface area contributed by atoms with Crippen LogP contribution in [-0.2, 0) is 4.65 Å². The Kier molecular flexibility index (Phi) is 4.15. The summed E-state index contributed by atoms with van der Waals surface area (Å²) in [6.07, 6.45) is 0.372. The molecule has 0 saturated heterocycles. The van der Waals surface area contributed by atoms with Crippen molar-refractivity contribution in [2.45, 2.75) is 6.42 Å². The van der Waals surface area contributed by atoms with E-state index in [0.717, 1.165) is 0 Å². The summed E-state index contributed by atoms with van der Waals surface area (Å²) in [5.74, 6) is 0. The summed E-state index contributed by atoms with van der Waals surface area (Å²) < 4.78 is 4.06. The van der Waals surface area contributed by atoms with Crippen LogP contribution in [0.3, 0.4) is 0 Å². The normalized spacial score (nSPS) is 7.17. The zero-order chi connectivity index (χ0) is 4.83. The molecule has 30 valence electrons. The second-order valence-corrected chi connectivity index (χ2v) is 0.779. The Morgan fingerprint density at radius 1 is 1.83 bits per heavy atom. The van der Waals surface area contributed by atoms with E-state index in [1.807, 2.05) is 6.07 Å². The van der Waals surface area contributed by atoms with Crippen LogP contribution in [-0.4, -0.2) is 14.7 Å². The van der Waals surface area contributed by atoms with Gasteiger partial charge < -0.3 is 4.65 Å². The van der Waals surface area contributed by atoms with Crippen LogP contribution in [0.2, 0.25) is 0 Å². The molecule has 0 bridgehead atoms. The number of hydrogen-bond donors (Lipinski definition) is 0. The topological polar surface area (TPSA) is 33.0 Å². The molecular formula is C3H4BNO. The predicted molar refractivity (Wildman–Crippen MR) is 21.9 cm³/mol. The number of nitriles is 1. The molecule has 3 heteroatoms. The minimum atomic E-state index is 0.330. The van der Waals surface area contributed by atoms with Gasteiger partial charge in [-0.3, -0.25) is 0 Å². The fraction of sp³-hybridized carbons (Fsp3) is 0.667. The fourth-order valence-corrected chi connectivity index (χ4v) is 0.105. The number of nitrogens with zero attached hydrogens (tertiary/aromatic N) is 1. The minimum Gasteiger partial charge on any atom is -0.447 e. The summed E-state index contributed by atoms with van der Waals surface area (Å²) in [5, 5.41) is 7.81. The first-order chi connectivity index (χ1) is 2.91. The maximum absolute atomic E-state index is 7.81. The Hall–Kier alpha value is -0.485. The zero-order valence-electron chi connectivity index (χ0n) is 3.35. The highest BCUT2D eigenvalue weighted by Gasteiger charge is 1.73. The van der Waals surface area contributed by atoms with Crippen molar-refractivity contribution in [1.29, 1.82) is 5.26 Å². The summed E-state index contributed by atoms with van der Waals surface area (Å²) in [6.45, 7) is 0.330. The maximum Gasteiger partial charge on any atom is 0.282 e. The van der Waals surface area contributed by atoms with E-state index in [1.54, 1.807) is 0 Å². The SMILES string of the molecule is [B]OCCC#N. The van der Waals surface area contributed by atoms with Gasteiger partial charge in [0.15, 0.2) is 0 Å². The number of hydrogen-bond acceptors (Lipinski definition) is 2. The predicted octanol–water partition coefficient (Wildman–Crippen LogP) is 0.000180. The first-order valence-electron chi connectivity index (χ1n) is 1.60. The lowest BCUT2D eigenvalue weighted by molar-refractivity contribution is 0.360. The zero-order valence-corrected chi connectivity index (χ0v) is 3.35. The van der Waals surface area contributed by atoms with Gasteiger partial charge in [-0.2, -0.15) is 5.26 Å². The van der Waals surface area contributed by atoms with Crippen LogP contribution in [0.5, 0.6) is 0 Å². The van der Waals surface area contributed by atoms with E-state index in [4.69, 9.17) is 5.26 Å². The number of rotatable bonds is 2. The van der Waals surface area contributed by atoms with E-state index in [9.17, 15) is 0 Å². The first kappa shape index (κ1) is 5.51. The van der Waals surface area contributed by atoms with Crippen molar-refractivity contribution in [3.63, 3.8) is 0 Å². The van der Waals surface area contributed by atoms with Gasteiger partial charge in [-0.1, -0.05) is 0 Å². The fourth-order valence-electron chi connectivity index (χ4n) is 0.105. The quantitative estimate of drug-likeness (QED) is 0.346. The molecule has 0 fully saturated rings. The van der Waals surface area contributed by atoms with Gasteiger partial charge >= 0.3 is 0 Å². The molecule has 0 rings (SSSR count). The first-order valence-corrected chi connectivity index (χ1v) is 1.60. The smallest absolute Gasteiger partial charge is 0.282 e. The average Bonchev–Trinajstić information content (AvgIpc) is 1.61. The van der Waals surface area contributed by atoms with Gasteiger partial charge in [0.05, 0.1) is 12.5 Å². The van der Waals surface area contributed by atoms with Crippen molar-refractivity contribution in [3.8, 4) is 6.07 Å². The van der Waals surface area contributed by atoms with Crippen molar-refractivity contribution in [1.82, 2.24) is 0 Å². The van der Waals surface area contributed by atoms with Gasteiger partial charge in [-0.15, -0.1) is 0 Å². The monoisotopic (exact) mass is 81.0 g/mol. The highest BCUT2D eigenvalue weighted by Crippen LogP contribution is 1.70. The average molecular weight is 80.9 g/mol. The molecule has 0 saturated carbocycles. The van der Waals surface area contributed by atoms with Gasteiger partial charge in [0.2, 0.25) is 0 Å². The molecule has 0 aliphatic heterocycles. The van der Waals surface area contributed by atoms with Gasteiger partial charge in [0, 0.05) is 6.61 Å². The molecule has 6 heavy (non-hydrogen) atoms. The lowest BCUT2D eigenvalue weighted by Crippen LogP contribution is -1.84. The molecule has 2 radical (unpaired) electrons. The molecule has 0 aromatic heterocycles. The summed E-state index contributed by atoms with van der Waals surface area (Å²) in [5.41, 5.74) is 0. The lowest BCUT2D eigenvalue weighted by atomic mass is 10.5. The van der Waals surface area contributed by atoms with Crippen molar-refractivity contribution in [2.75, 3.05) is 6.61 Å². The van der Waals surface area contributed by atoms with Crippen LogP contribution >= 0.6 is 0 Å². The summed E-state index contributed by atoms with van der Waals surface area (Å²) in [4.78, 5) is 0. The molecule has 0 aromatic rings. The molecule has 0 amide bonds. The third kappa shape index (κ3) is 3.51.